The van der Waals surface area contributed by atoms with E-state index in [0.717, 1.165) is 0 Å². The van der Waals surface area contributed by atoms with E-state index in [9.17, 15) is 26.0 Å². The minimum atomic E-state index is -4.79. The van der Waals surface area contributed by atoms with E-state index in [0.29, 0.717) is 16.4 Å². The quantitative estimate of drug-likeness (QED) is 0.642. The van der Waals surface area contributed by atoms with E-state index in [-0.39, 0.29) is 19.2 Å². The second kappa shape index (κ2) is 6.54. The molecule has 0 aliphatic carbocycles. The zero-order chi connectivity index (χ0) is 16.3. The van der Waals surface area contributed by atoms with Gasteiger partial charge in [-0.1, -0.05) is 6.08 Å². The molecule has 0 fully saturated rings. The molecule has 0 heterocycles. The highest BCUT2D eigenvalue weighted by molar-refractivity contribution is 7.89. The van der Waals surface area contributed by atoms with Gasteiger partial charge in [-0.3, -0.25) is 0 Å². The zero-order valence-electron chi connectivity index (χ0n) is 10.8. The molecule has 21 heavy (non-hydrogen) atoms. The molecule has 9 heteroatoms. The molecule has 0 saturated carbocycles. The second-order valence-corrected chi connectivity index (χ2v) is 5.92. The van der Waals surface area contributed by atoms with Gasteiger partial charge in [0, 0.05) is 13.1 Å². The molecule has 1 rings (SSSR count). The maximum Gasteiger partial charge on any atom is 0.416 e. The Balaban J connectivity index is 3.38. The third-order valence-corrected chi connectivity index (χ3v) is 4.44. The van der Waals surface area contributed by atoms with Gasteiger partial charge < -0.3 is 5.11 Å². The molecule has 0 aliphatic rings. The van der Waals surface area contributed by atoms with Crippen molar-refractivity contribution in [2.24, 2.45) is 0 Å². The van der Waals surface area contributed by atoms with E-state index in [1.54, 1.807) is 0 Å². The first-order valence-electron chi connectivity index (χ1n) is 5.73. The van der Waals surface area contributed by atoms with Gasteiger partial charge in [-0.05, 0) is 18.2 Å². The van der Waals surface area contributed by atoms with Gasteiger partial charge >= 0.3 is 6.18 Å². The van der Waals surface area contributed by atoms with Crippen LogP contribution in [0.15, 0.2) is 35.7 Å². The SMILES string of the molecule is C=CCN(CCO)S(=O)(=O)c1cc(C(F)(F)F)ccc1F. The number of aliphatic hydroxyl groups is 1. The number of hydrogen-bond donors (Lipinski definition) is 1. The topological polar surface area (TPSA) is 57.6 Å². The van der Waals surface area contributed by atoms with Crippen molar-refractivity contribution in [1.29, 1.82) is 0 Å². The Hall–Kier alpha value is -1.45. The summed E-state index contributed by atoms with van der Waals surface area (Å²) in [7, 11) is -4.51. The van der Waals surface area contributed by atoms with E-state index in [4.69, 9.17) is 5.11 Å². The number of halogens is 4. The fourth-order valence-corrected chi connectivity index (χ4v) is 3.07. The van der Waals surface area contributed by atoms with E-state index >= 15 is 0 Å². The van der Waals surface area contributed by atoms with Crippen LogP contribution in [0.2, 0.25) is 0 Å². The smallest absolute Gasteiger partial charge is 0.395 e. The summed E-state index contributed by atoms with van der Waals surface area (Å²) in [5.41, 5.74) is -1.27. The first-order valence-corrected chi connectivity index (χ1v) is 7.17. The van der Waals surface area contributed by atoms with Crippen LogP contribution in [0.5, 0.6) is 0 Å². The van der Waals surface area contributed by atoms with Gasteiger partial charge in [0.05, 0.1) is 12.2 Å². The molecule has 0 unspecified atom stereocenters. The Labute approximate surface area is 119 Å². The van der Waals surface area contributed by atoms with Crippen molar-refractivity contribution in [3.05, 3.63) is 42.2 Å². The predicted molar refractivity (Wildman–Crippen MR) is 67.4 cm³/mol. The van der Waals surface area contributed by atoms with Gasteiger partial charge in [0.1, 0.15) is 10.7 Å². The van der Waals surface area contributed by atoms with Crippen LogP contribution in [0.3, 0.4) is 0 Å². The molecule has 0 saturated heterocycles. The molecule has 0 radical (unpaired) electrons. The van der Waals surface area contributed by atoms with Gasteiger partial charge in [0.25, 0.3) is 0 Å². The Morgan fingerprint density at radius 2 is 1.95 bits per heavy atom. The summed E-state index contributed by atoms with van der Waals surface area (Å²) in [6.07, 6.45) is -3.61. The van der Waals surface area contributed by atoms with Gasteiger partial charge in [0.2, 0.25) is 10.0 Å². The van der Waals surface area contributed by atoms with Gasteiger partial charge in [-0.25, -0.2) is 12.8 Å². The van der Waals surface area contributed by atoms with Crippen LogP contribution < -0.4 is 0 Å². The predicted octanol–water partition coefficient (Wildman–Crippen LogP) is 2.01. The first kappa shape index (κ1) is 17.6. The van der Waals surface area contributed by atoms with Crippen LogP contribution in [-0.4, -0.2) is 37.5 Å². The van der Waals surface area contributed by atoms with Crippen LogP contribution in [-0.2, 0) is 16.2 Å². The molecule has 0 aromatic heterocycles. The van der Waals surface area contributed by atoms with Crippen molar-refractivity contribution < 1.29 is 31.1 Å². The lowest BCUT2D eigenvalue weighted by atomic mass is 10.2. The lowest BCUT2D eigenvalue weighted by Crippen LogP contribution is -2.34. The summed E-state index contributed by atoms with van der Waals surface area (Å²) in [5.74, 6) is -1.30. The number of rotatable bonds is 6. The van der Waals surface area contributed by atoms with Gasteiger partial charge in [-0.2, -0.15) is 17.5 Å². The summed E-state index contributed by atoms with van der Waals surface area (Å²) in [6, 6.07) is 1.14. The number of alkyl halides is 3. The highest BCUT2D eigenvalue weighted by Crippen LogP contribution is 2.32. The van der Waals surface area contributed by atoms with Crippen LogP contribution in [0, 0.1) is 5.82 Å². The van der Waals surface area contributed by atoms with Gasteiger partial charge in [-0.15, -0.1) is 6.58 Å². The monoisotopic (exact) mass is 327 g/mol. The molecule has 4 nitrogen and oxygen atoms in total. The molecule has 1 aromatic carbocycles. The van der Waals surface area contributed by atoms with Crippen LogP contribution >= 0.6 is 0 Å². The summed E-state index contributed by atoms with van der Waals surface area (Å²) in [4.78, 5) is -1.09. The number of aliphatic hydroxyl groups excluding tert-OH is 1. The lowest BCUT2D eigenvalue weighted by Gasteiger charge is -2.20. The molecule has 1 N–H and O–H groups in total. The molecule has 118 valence electrons. The summed E-state index contributed by atoms with van der Waals surface area (Å²) >= 11 is 0. The molecule has 0 spiro atoms. The van der Waals surface area contributed by atoms with E-state index in [1.807, 2.05) is 0 Å². The number of nitrogens with zero attached hydrogens (tertiary/aromatic N) is 1. The fraction of sp³-hybridized carbons (Fsp3) is 0.333. The molecular weight excluding hydrogens is 314 g/mol. The molecule has 0 atom stereocenters. The number of benzene rings is 1. The molecule has 0 bridgehead atoms. The van der Waals surface area contributed by atoms with Crippen LogP contribution in [0.25, 0.3) is 0 Å². The van der Waals surface area contributed by atoms with Gasteiger partial charge in [0.15, 0.2) is 0 Å². The minimum Gasteiger partial charge on any atom is -0.395 e. The largest absolute Gasteiger partial charge is 0.416 e. The highest BCUT2D eigenvalue weighted by Gasteiger charge is 2.34. The van der Waals surface area contributed by atoms with E-state index < -0.39 is 39.1 Å². The van der Waals surface area contributed by atoms with Crippen molar-refractivity contribution in [2.75, 3.05) is 19.7 Å². The van der Waals surface area contributed by atoms with Crippen molar-refractivity contribution >= 4 is 10.0 Å². The molecule has 0 aliphatic heterocycles. The lowest BCUT2D eigenvalue weighted by molar-refractivity contribution is -0.137. The molecule has 0 amide bonds. The van der Waals surface area contributed by atoms with E-state index in [1.165, 1.54) is 6.08 Å². The Bertz CT molecular complexity index is 613. The van der Waals surface area contributed by atoms with Crippen molar-refractivity contribution in [2.45, 2.75) is 11.1 Å². The second-order valence-electron chi connectivity index (χ2n) is 4.02. The summed E-state index contributed by atoms with van der Waals surface area (Å²) in [5, 5.41) is 8.81. The van der Waals surface area contributed by atoms with Crippen molar-refractivity contribution in [1.82, 2.24) is 4.31 Å². The normalized spacial score (nSPS) is 12.7. The van der Waals surface area contributed by atoms with Crippen LogP contribution in [0.1, 0.15) is 5.56 Å². The molecular formula is C12H13F4NO3S. The fourth-order valence-electron chi connectivity index (χ4n) is 1.58. The Morgan fingerprint density at radius 1 is 1.33 bits per heavy atom. The van der Waals surface area contributed by atoms with Crippen molar-refractivity contribution in [3.63, 3.8) is 0 Å². The summed E-state index contributed by atoms with van der Waals surface area (Å²) < 4.78 is 76.4. The number of hydrogen-bond acceptors (Lipinski definition) is 3. The highest BCUT2D eigenvalue weighted by atomic mass is 32.2. The third-order valence-electron chi connectivity index (χ3n) is 2.56. The zero-order valence-corrected chi connectivity index (χ0v) is 11.6. The summed E-state index contributed by atoms with van der Waals surface area (Å²) in [6.45, 7) is 2.10. The Kier molecular flexibility index (Phi) is 5.48. The standard InChI is InChI=1S/C12H13F4NO3S/c1-2-5-17(6-7-18)21(19,20)11-8-9(12(14,15)16)3-4-10(11)13/h2-4,8,18H,1,5-7H2. The average molecular weight is 327 g/mol. The Morgan fingerprint density at radius 3 is 2.43 bits per heavy atom. The first-order chi connectivity index (χ1) is 9.64. The number of sulfonamides is 1. The van der Waals surface area contributed by atoms with E-state index in [2.05, 4.69) is 6.58 Å². The maximum atomic E-state index is 13.6. The maximum absolute atomic E-state index is 13.6. The minimum absolute atomic E-state index is 0.234. The molecule has 1 aromatic rings. The average Bonchev–Trinajstić information content (AvgIpc) is 2.37. The van der Waals surface area contributed by atoms with Crippen LogP contribution in [0.4, 0.5) is 17.6 Å². The van der Waals surface area contributed by atoms with Crippen molar-refractivity contribution in [3.8, 4) is 0 Å². The third kappa shape index (κ3) is 4.02.